The Balaban J connectivity index is 2.02. The van der Waals surface area contributed by atoms with E-state index in [1.54, 1.807) is 36.4 Å². The molecule has 0 bridgehead atoms. The second kappa shape index (κ2) is 4.64. The number of anilines is 2. The Morgan fingerprint density at radius 1 is 1.05 bits per heavy atom. The Labute approximate surface area is 118 Å². The van der Waals surface area contributed by atoms with Crippen LogP contribution < -0.4 is 5.32 Å². The largest absolute Gasteiger partial charge is 0.504 e. The molecule has 3 aromatic rings. The summed E-state index contributed by atoms with van der Waals surface area (Å²) in [5.41, 5.74) is 1.54. The zero-order chi connectivity index (χ0) is 13.4. The minimum Gasteiger partial charge on any atom is -0.504 e. The van der Waals surface area contributed by atoms with Crippen LogP contribution in [0.4, 0.5) is 11.7 Å². The molecule has 0 aliphatic rings. The summed E-state index contributed by atoms with van der Waals surface area (Å²) in [4.78, 5) is 4.22. The molecule has 0 spiro atoms. The molecule has 0 atom stereocenters. The Morgan fingerprint density at radius 2 is 1.79 bits per heavy atom. The normalized spacial score (nSPS) is 10.8. The zero-order valence-corrected chi connectivity index (χ0v) is 11.0. The molecule has 19 heavy (non-hydrogen) atoms. The average molecular weight is 295 g/mol. The molecule has 0 aliphatic carbocycles. The minimum absolute atomic E-state index is 0.0579. The number of aromatic nitrogens is 1. The quantitative estimate of drug-likeness (QED) is 0.679. The lowest BCUT2D eigenvalue weighted by molar-refractivity contribution is 0.477. The van der Waals surface area contributed by atoms with Gasteiger partial charge in [0.2, 0.25) is 0 Å². The molecule has 3 rings (SSSR count). The molecule has 0 fully saturated rings. The van der Waals surface area contributed by atoms with Gasteiger partial charge in [0.05, 0.1) is 15.7 Å². The number of phenolic OH excluding ortho intramolecular Hbond substituents is 1. The maximum absolute atomic E-state index is 9.80. The van der Waals surface area contributed by atoms with Crippen LogP contribution in [0.25, 0.3) is 11.1 Å². The van der Waals surface area contributed by atoms with E-state index in [0.717, 1.165) is 0 Å². The highest BCUT2D eigenvalue weighted by molar-refractivity contribution is 6.34. The Morgan fingerprint density at radius 3 is 2.58 bits per heavy atom. The number of phenols is 1. The van der Waals surface area contributed by atoms with Crippen molar-refractivity contribution in [3.8, 4) is 5.75 Å². The first-order valence-corrected chi connectivity index (χ1v) is 6.20. The lowest BCUT2D eigenvalue weighted by Crippen LogP contribution is -1.90. The average Bonchev–Trinajstić information content (AvgIpc) is 2.79. The first-order chi connectivity index (χ1) is 9.15. The molecule has 1 heterocycles. The van der Waals surface area contributed by atoms with E-state index in [4.69, 9.17) is 27.6 Å². The van der Waals surface area contributed by atoms with Crippen molar-refractivity contribution in [2.24, 2.45) is 0 Å². The molecule has 2 aromatic carbocycles. The van der Waals surface area contributed by atoms with Crippen LogP contribution in [0.2, 0.25) is 10.0 Å². The van der Waals surface area contributed by atoms with Gasteiger partial charge in [0.25, 0.3) is 6.01 Å². The van der Waals surface area contributed by atoms with E-state index in [9.17, 15) is 5.11 Å². The number of halogens is 2. The van der Waals surface area contributed by atoms with Gasteiger partial charge in [0.15, 0.2) is 11.3 Å². The highest BCUT2D eigenvalue weighted by atomic mass is 35.5. The number of benzene rings is 2. The van der Waals surface area contributed by atoms with Crippen LogP contribution >= 0.6 is 23.2 Å². The molecule has 0 radical (unpaired) electrons. The summed E-state index contributed by atoms with van der Waals surface area (Å²) in [6, 6.07) is 10.5. The molecule has 96 valence electrons. The second-order valence-corrected chi connectivity index (χ2v) is 4.68. The van der Waals surface area contributed by atoms with Gasteiger partial charge in [-0.05, 0) is 24.3 Å². The van der Waals surface area contributed by atoms with Gasteiger partial charge in [0.1, 0.15) is 5.52 Å². The van der Waals surface area contributed by atoms with E-state index in [1.807, 2.05) is 0 Å². The van der Waals surface area contributed by atoms with Crippen LogP contribution in [0.3, 0.4) is 0 Å². The van der Waals surface area contributed by atoms with Crippen molar-refractivity contribution in [2.45, 2.75) is 0 Å². The minimum atomic E-state index is -0.0579. The van der Waals surface area contributed by atoms with Crippen molar-refractivity contribution in [3.63, 3.8) is 0 Å². The van der Waals surface area contributed by atoms with Crippen LogP contribution in [0.1, 0.15) is 0 Å². The molecule has 0 saturated carbocycles. The molecule has 6 heteroatoms. The topological polar surface area (TPSA) is 58.3 Å². The lowest BCUT2D eigenvalue weighted by atomic mass is 10.3. The Bertz CT molecular complexity index is 755. The van der Waals surface area contributed by atoms with Gasteiger partial charge in [-0.1, -0.05) is 35.3 Å². The SMILES string of the molecule is Oc1c(Cl)cccc1Nc1nc2cccc(Cl)c2o1. The molecule has 0 amide bonds. The van der Waals surface area contributed by atoms with Gasteiger partial charge in [-0.3, -0.25) is 0 Å². The van der Waals surface area contributed by atoms with Crippen molar-refractivity contribution in [1.82, 2.24) is 4.98 Å². The van der Waals surface area contributed by atoms with Gasteiger partial charge in [-0.25, -0.2) is 0 Å². The van der Waals surface area contributed by atoms with E-state index >= 15 is 0 Å². The number of nitrogens with zero attached hydrogens (tertiary/aromatic N) is 1. The summed E-state index contributed by atoms with van der Waals surface area (Å²) in [6.07, 6.45) is 0. The summed E-state index contributed by atoms with van der Waals surface area (Å²) >= 11 is 11.8. The monoisotopic (exact) mass is 294 g/mol. The summed E-state index contributed by atoms with van der Waals surface area (Å²) in [5.74, 6) is -0.0579. The zero-order valence-electron chi connectivity index (χ0n) is 9.52. The molecule has 1 aromatic heterocycles. The maximum atomic E-state index is 9.80. The smallest absolute Gasteiger partial charge is 0.300 e. The third kappa shape index (κ3) is 2.20. The van der Waals surface area contributed by atoms with E-state index in [1.165, 1.54) is 0 Å². The molecular weight excluding hydrogens is 287 g/mol. The van der Waals surface area contributed by atoms with Crippen molar-refractivity contribution in [1.29, 1.82) is 0 Å². The summed E-state index contributed by atoms with van der Waals surface area (Å²) < 4.78 is 5.49. The summed E-state index contributed by atoms with van der Waals surface area (Å²) in [6.45, 7) is 0. The van der Waals surface area contributed by atoms with E-state index in [0.29, 0.717) is 21.8 Å². The van der Waals surface area contributed by atoms with Gasteiger partial charge < -0.3 is 14.8 Å². The fourth-order valence-corrected chi connectivity index (χ4v) is 2.08. The van der Waals surface area contributed by atoms with Crippen LogP contribution in [0.5, 0.6) is 5.75 Å². The number of aromatic hydroxyl groups is 1. The number of fused-ring (bicyclic) bond motifs is 1. The van der Waals surface area contributed by atoms with Crippen molar-refractivity contribution in [3.05, 3.63) is 46.4 Å². The highest BCUT2D eigenvalue weighted by Gasteiger charge is 2.11. The highest BCUT2D eigenvalue weighted by Crippen LogP contribution is 2.34. The van der Waals surface area contributed by atoms with Crippen molar-refractivity contribution < 1.29 is 9.52 Å². The lowest BCUT2D eigenvalue weighted by Gasteiger charge is -2.05. The number of hydrogen-bond acceptors (Lipinski definition) is 4. The van der Waals surface area contributed by atoms with E-state index in [-0.39, 0.29) is 16.8 Å². The van der Waals surface area contributed by atoms with Crippen LogP contribution in [-0.4, -0.2) is 10.1 Å². The number of oxazole rings is 1. The number of hydrogen-bond donors (Lipinski definition) is 2. The molecule has 0 aliphatic heterocycles. The van der Waals surface area contributed by atoms with Crippen molar-refractivity contribution in [2.75, 3.05) is 5.32 Å². The number of rotatable bonds is 2. The second-order valence-electron chi connectivity index (χ2n) is 3.87. The fraction of sp³-hybridized carbons (Fsp3) is 0. The van der Waals surface area contributed by atoms with Gasteiger partial charge >= 0.3 is 0 Å². The summed E-state index contributed by atoms with van der Waals surface area (Å²) in [5, 5.41) is 13.4. The van der Waals surface area contributed by atoms with Crippen molar-refractivity contribution >= 4 is 46.0 Å². The Kier molecular flexibility index (Phi) is 2.97. The predicted octanol–water partition coefficient (Wildman–Crippen LogP) is 4.58. The Hall–Kier alpha value is -1.91. The first-order valence-electron chi connectivity index (χ1n) is 5.45. The van der Waals surface area contributed by atoms with E-state index < -0.39 is 0 Å². The third-order valence-electron chi connectivity index (χ3n) is 2.60. The van der Waals surface area contributed by atoms with Crippen LogP contribution in [-0.2, 0) is 0 Å². The molecule has 0 saturated heterocycles. The fourth-order valence-electron chi connectivity index (χ4n) is 1.70. The summed E-state index contributed by atoms with van der Waals surface area (Å²) in [7, 11) is 0. The van der Waals surface area contributed by atoms with Gasteiger partial charge in [-0.15, -0.1) is 0 Å². The molecule has 4 nitrogen and oxygen atoms in total. The molecule has 0 unspecified atom stereocenters. The number of para-hydroxylation sites is 2. The standard InChI is InChI=1S/C13H8Cl2N2O2/c14-7-3-1-5-9(11(7)18)16-13-17-10-6-2-4-8(15)12(10)19-13/h1-6,18H,(H,16,17). The van der Waals surface area contributed by atoms with E-state index in [2.05, 4.69) is 10.3 Å². The van der Waals surface area contributed by atoms with Crippen LogP contribution in [0.15, 0.2) is 40.8 Å². The van der Waals surface area contributed by atoms with Gasteiger partial charge in [0, 0.05) is 0 Å². The van der Waals surface area contributed by atoms with Gasteiger partial charge in [-0.2, -0.15) is 4.98 Å². The number of nitrogens with one attached hydrogen (secondary N) is 1. The predicted molar refractivity (Wildman–Crippen MR) is 75.4 cm³/mol. The molecule has 2 N–H and O–H groups in total. The first kappa shape index (κ1) is 12.1. The third-order valence-corrected chi connectivity index (χ3v) is 3.20. The molecular formula is C13H8Cl2N2O2. The maximum Gasteiger partial charge on any atom is 0.300 e. The van der Waals surface area contributed by atoms with Crippen LogP contribution in [0, 0.1) is 0 Å².